The summed E-state index contributed by atoms with van der Waals surface area (Å²) in [6.07, 6.45) is 1.78. The zero-order valence-electron chi connectivity index (χ0n) is 7.01. The molecule has 0 spiro atoms. The van der Waals surface area contributed by atoms with Gasteiger partial charge in [-0.15, -0.1) is 0 Å². The summed E-state index contributed by atoms with van der Waals surface area (Å²) in [4.78, 5) is 6.32. The number of hydrogen-bond donors (Lipinski definition) is 1. The van der Waals surface area contributed by atoms with E-state index >= 15 is 0 Å². The Morgan fingerprint density at radius 3 is 2.73 bits per heavy atom. The summed E-state index contributed by atoms with van der Waals surface area (Å²) in [5.74, 6) is 0.883. The molecule has 0 aromatic rings. The standard InChI is InChI=1S/C8H15N3/c1-3-10-8(2)11-6-4-9-5-7-11/h3,9H,2,4-7H2,1H3/b10-3-. The van der Waals surface area contributed by atoms with E-state index in [1.54, 1.807) is 6.21 Å². The second kappa shape index (κ2) is 4.13. The summed E-state index contributed by atoms with van der Waals surface area (Å²) in [5.41, 5.74) is 0. The van der Waals surface area contributed by atoms with Gasteiger partial charge in [-0.05, 0) is 6.92 Å². The van der Waals surface area contributed by atoms with E-state index in [4.69, 9.17) is 0 Å². The molecule has 1 heterocycles. The predicted molar refractivity (Wildman–Crippen MR) is 47.7 cm³/mol. The molecule has 0 atom stereocenters. The molecule has 3 heteroatoms. The van der Waals surface area contributed by atoms with Crippen LogP contribution in [0, 0.1) is 0 Å². The molecule has 1 fully saturated rings. The van der Waals surface area contributed by atoms with E-state index in [1.165, 1.54) is 0 Å². The lowest BCUT2D eigenvalue weighted by atomic mass is 10.4. The van der Waals surface area contributed by atoms with Crippen LogP contribution < -0.4 is 5.32 Å². The third kappa shape index (κ3) is 2.35. The third-order valence-electron chi connectivity index (χ3n) is 1.76. The Labute approximate surface area is 67.8 Å². The minimum Gasteiger partial charge on any atom is -0.355 e. The van der Waals surface area contributed by atoms with E-state index in [0.717, 1.165) is 32.0 Å². The third-order valence-corrected chi connectivity index (χ3v) is 1.76. The van der Waals surface area contributed by atoms with Gasteiger partial charge in [0.25, 0.3) is 0 Å². The van der Waals surface area contributed by atoms with Gasteiger partial charge in [-0.3, -0.25) is 0 Å². The molecule has 0 amide bonds. The van der Waals surface area contributed by atoms with Gasteiger partial charge in [0.15, 0.2) is 0 Å². The Morgan fingerprint density at radius 1 is 1.55 bits per heavy atom. The molecule has 0 unspecified atom stereocenters. The Balaban J connectivity index is 2.38. The molecule has 1 N–H and O–H groups in total. The summed E-state index contributed by atoms with van der Waals surface area (Å²) in [6.45, 7) is 9.91. The number of aliphatic imine (C=N–C) groups is 1. The molecule has 0 bridgehead atoms. The topological polar surface area (TPSA) is 27.6 Å². The quantitative estimate of drug-likeness (QED) is 0.583. The molecule has 0 aliphatic carbocycles. The lowest BCUT2D eigenvalue weighted by Crippen LogP contribution is -2.42. The monoisotopic (exact) mass is 153 g/mol. The fourth-order valence-electron chi connectivity index (χ4n) is 1.15. The maximum Gasteiger partial charge on any atom is 0.120 e. The molecule has 1 aliphatic heterocycles. The van der Waals surface area contributed by atoms with Crippen molar-refractivity contribution in [3.63, 3.8) is 0 Å². The molecule has 0 aromatic carbocycles. The van der Waals surface area contributed by atoms with Crippen molar-refractivity contribution in [3.05, 3.63) is 12.4 Å². The Bertz CT molecular complexity index is 157. The lowest BCUT2D eigenvalue weighted by Gasteiger charge is -2.28. The first kappa shape index (κ1) is 8.27. The largest absolute Gasteiger partial charge is 0.355 e. The zero-order valence-corrected chi connectivity index (χ0v) is 7.01. The second-order valence-electron chi connectivity index (χ2n) is 2.54. The molecule has 11 heavy (non-hydrogen) atoms. The maximum atomic E-state index is 4.13. The highest BCUT2D eigenvalue weighted by Crippen LogP contribution is 2.03. The van der Waals surface area contributed by atoms with Crippen molar-refractivity contribution in [2.24, 2.45) is 4.99 Å². The summed E-state index contributed by atoms with van der Waals surface area (Å²) in [7, 11) is 0. The Kier molecular flexibility index (Phi) is 3.11. The average molecular weight is 153 g/mol. The van der Waals surface area contributed by atoms with Crippen LogP contribution in [-0.4, -0.2) is 37.3 Å². The number of nitrogens with zero attached hydrogens (tertiary/aromatic N) is 2. The first-order valence-electron chi connectivity index (χ1n) is 3.98. The van der Waals surface area contributed by atoms with Gasteiger partial charge in [0.2, 0.25) is 0 Å². The van der Waals surface area contributed by atoms with Crippen molar-refractivity contribution >= 4 is 6.21 Å². The normalized spacial score (nSPS) is 19.2. The molecule has 62 valence electrons. The van der Waals surface area contributed by atoms with E-state index in [2.05, 4.69) is 21.8 Å². The van der Waals surface area contributed by atoms with Crippen molar-refractivity contribution in [2.75, 3.05) is 26.2 Å². The zero-order chi connectivity index (χ0) is 8.10. The fraction of sp³-hybridized carbons (Fsp3) is 0.625. The van der Waals surface area contributed by atoms with Crippen molar-refractivity contribution in [2.45, 2.75) is 6.92 Å². The molecule has 0 aromatic heterocycles. The van der Waals surface area contributed by atoms with E-state index in [-0.39, 0.29) is 0 Å². The molecule has 3 nitrogen and oxygen atoms in total. The van der Waals surface area contributed by atoms with Gasteiger partial charge in [0, 0.05) is 32.4 Å². The lowest BCUT2D eigenvalue weighted by molar-refractivity contribution is 0.298. The Hall–Kier alpha value is -0.830. The molecule has 0 saturated carbocycles. The number of hydrogen-bond acceptors (Lipinski definition) is 3. The van der Waals surface area contributed by atoms with E-state index in [1.807, 2.05) is 6.92 Å². The summed E-state index contributed by atoms with van der Waals surface area (Å²) >= 11 is 0. The number of piperazine rings is 1. The van der Waals surface area contributed by atoms with Crippen LogP contribution in [0.5, 0.6) is 0 Å². The molecule has 1 rings (SSSR count). The van der Waals surface area contributed by atoms with Gasteiger partial charge in [0.1, 0.15) is 5.82 Å². The average Bonchev–Trinajstić information content (AvgIpc) is 2.07. The molecular weight excluding hydrogens is 138 g/mol. The van der Waals surface area contributed by atoms with E-state index in [9.17, 15) is 0 Å². The predicted octanol–water partition coefficient (Wildman–Crippen LogP) is 0.454. The second-order valence-corrected chi connectivity index (χ2v) is 2.54. The maximum absolute atomic E-state index is 4.13. The van der Waals surface area contributed by atoms with Gasteiger partial charge in [-0.25, -0.2) is 4.99 Å². The van der Waals surface area contributed by atoms with Crippen LogP contribution in [0.2, 0.25) is 0 Å². The number of rotatable bonds is 2. The van der Waals surface area contributed by atoms with Gasteiger partial charge in [0.05, 0.1) is 0 Å². The van der Waals surface area contributed by atoms with Crippen LogP contribution in [0.25, 0.3) is 0 Å². The van der Waals surface area contributed by atoms with Crippen LogP contribution in [0.4, 0.5) is 0 Å². The van der Waals surface area contributed by atoms with Gasteiger partial charge in [-0.1, -0.05) is 6.58 Å². The van der Waals surface area contributed by atoms with E-state index in [0.29, 0.717) is 0 Å². The summed E-state index contributed by atoms with van der Waals surface area (Å²) in [5, 5.41) is 3.28. The SMILES string of the molecule is C=C(/N=C\C)N1CCNCC1. The van der Waals surface area contributed by atoms with Gasteiger partial charge < -0.3 is 10.2 Å². The first-order chi connectivity index (χ1) is 5.34. The van der Waals surface area contributed by atoms with Gasteiger partial charge >= 0.3 is 0 Å². The van der Waals surface area contributed by atoms with Gasteiger partial charge in [-0.2, -0.15) is 0 Å². The molecule has 1 aliphatic rings. The van der Waals surface area contributed by atoms with Crippen LogP contribution >= 0.6 is 0 Å². The molecular formula is C8H15N3. The summed E-state index contributed by atoms with van der Waals surface area (Å²) in [6, 6.07) is 0. The highest BCUT2D eigenvalue weighted by molar-refractivity contribution is 5.54. The minimum atomic E-state index is 0.883. The number of nitrogens with one attached hydrogen (secondary N) is 1. The van der Waals surface area contributed by atoms with Crippen molar-refractivity contribution < 1.29 is 0 Å². The smallest absolute Gasteiger partial charge is 0.120 e. The molecule has 1 saturated heterocycles. The van der Waals surface area contributed by atoms with Crippen LogP contribution in [-0.2, 0) is 0 Å². The molecule has 0 radical (unpaired) electrons. The van der Waals surface area contributed by atoms with Crippen molar-refractivity contribution in [3.8, 4) is 0 Å². The Morgan fingerprint density at radius 2 is 2.18 bits per heavy atom. The van der Waals surface area contributed by atoms with Crippen LogP contribution in [0.3, 0.4) is 0 Å². The summed E-state index contributed by atoms with van der Waals surface area (Å²) < 4.78 is 0. The highest BCUT2D eigenvalue weighted by atomic mass is 15.2. The van der Waals surface area contributed by atoms with Crippen LogP contribution in [0.15, 0.2) is 17.4 Å². The fourth-order valence-corrected chi connectivity index (χ4v) is 1.15. The van der Waals surface area contributed by atoms with Crippen molar-refractivity contribution in [1.29, 1.82) is 0 Å². The van der Waals surface area contributed by atoms with E-state index < -0.39 is 0 Å². The first-order valence-corrected chi connectivity index (χ1v) is 3.98. The van der Waals surface area contributed by atoms with Crippen molar-refractivity contribution in [1.82, 2.24) is 10.2 Å². The highest BCUT2D eigenvalue weighted by Gasteiger charge is 2.08. The minimum absolute atomic E-state index is 0.883. The van der Waals surface area contributed by atoms with Crippen LogP contribution in [0.1, 0.15) is 6.92 Å².